The second-order valence-electron chi connectivity index (χ2n) is 8.85. The van der Waals surface area contributed by atoms with E-state index in [1.165, 1.54) is 12.1 Å². The summed E-state index contributed by atoms with van der Waals surface area (Å²) in [6.45, 7) is 8.41. The Morgan fingerprint density at radius 3 is 1.94 bits per heavy atom. The molecule has 32 heavy (non-hydrogen) atoms. The number of benzene rings is 3. The average Bonchev–Trinajstić information content (AvgIpc) is 2.73. The summed E-state index contributed by atoms with van der Waals surface area (Å²) in [7, 11) is 0. The van der Waals surface area contributed by atoms with E-state index in [4.69, 9.17) is 4.74 Å². The Balaban J connectivity index is 1.85. The van der Waals surface area contributed by atoms with E-state index in [0.29, 0.717) is 5.92 Å². The summed E-state index contributed by atoms with van der Waals surface area (Å²) in [5, 5.41) is 0. The quantitative estimate of drug-likeness (QED) is 0.340. The highest BCUT2D eigenvalue weighted by atomic mass is 19.4. The summed E-state index contributed by atoms with van der Waals surface area (Å²) in [5.74, 6) is 1.44. The lowest BCUT2D eigenvalue weighted by molar-refractivity contribution is -0.137. The van der Waals surface area contributed by atoms with Gasteiger partial charge in [0, 0.05) is 0 Å². The van der Waals surface area contributed by atoms with E-state index in [0.717, 1.165) is 65.0 Å². The van der Waals surface area contributed by atoms with Gasteiger partial charge in [-0.1, -0.05) is 62.7 Å². The molecular weight excluding hydrogens is 409 g/mol. The van der Waals surface area contributed by atoms with Crippen LogP contribution in [-0.4, -0.2) is 0 Å². The molecule has 4 heteroatoms. The average molecular weight is 441 g/mol. The number of halogens is 3. The van der Waals surface area contributed by atoms with Crippen molar-refractivity contribution in [1.29, 1.82) is 0 Å². The van der Waals surface area contributed by atoms with Crippen molar-refractivity contribution >= 4 is 0 Å². The zero-order chi connectivity index (χ0) is 23.3. The summed E-state index contributed by atoms with van der Waals surface area (Å²) in [6, 6.07) is 19.6. The van der Waals surface area contributed by atoms with Crippen LogP contribution in [0.2, 0.25) is 0 Å². The van der Waals surface area contributed by atoms with E-state index in [2.05, 4.69) is 26.0 Å². The van der Waals surface area contributed by atoms with Crippen molar-refractivity contribution in [1.82, 2.24) is 0 Å². The SMILES string of the molecule is Cc1cc(OC(CCCC(C)C)c2ccccc2)cc(C)c1-c1ccc(C(F)(F)F)cc1. The molecule has 3 aromatic rings. The second-order valence-corrected chi connectivity index (χ2v) is 8.85. The van der Waals surface area contributed by atoms with Gasteiger partial charge in [-0.15, -0.1) is 0 Å². The van der Waals surface area contributed by atoms with E-state index in [9.17, 15) is 13.2 Å². The summed E-state index contributed by atoms with van der Waals surface area (Å²) in [6.07, 6.45) is -1.20. The van der Waals surface area contributed by atoms with Crippen molar-refractivity contribution in [2.24, 2.45) is 5.92 Å². The minimum atomic E-state index is -4.33. The number of alkyl halides is 3. The van der Waals surface area contributed by atoms with Crippen molar-refractivity contribution in [3.63, 3.8) is 0 Å². The molecule has 1 nitrogen and oxygen atoms in total. The molecular formula is C28H31F3O. The Bertz CT molecular complexity index is 982. The van der Waals surface area contributed by atoms with Crippen LogP contribution in [0.3, 0.4) is 0 Å². The number of aryl methyl sites for hydroxylation is 2. The zero-order valence-corrected chi connectivity index (χ0v) is 19.2. The normalized spacial score (nSPS) is 12.8. The van der Waals surface area contributed by atoms with Crippen LogP contribution >= 0.6 is 0 Å². The van der Waals surface area contributed by atoms with Crippen LogP contribution in [0.4, 0.5) is 13.2 Å². The van der Waals surface area contributed by atoms with Gasteiger partial charge in [0.15, 0.2) is 0 Å². The van der Waals surface area contributed by atoms with Crippen LogP contribution in [0.25, 0.3) is 11.1 Å². The van der Waals surface area contributed by atoms with Gasteiger partial charge in [-0.05, 0) is 84.7 Å². The first-order chi connectivity index (χ1) is 15.1. The Morgan fingerprint density at radius 1 is 0.812 bits per heavy atom. The van der Waals surface area contributed by atoms with E-state index in [-0.39, 0.29) is 6.10 Å². The van der Waals surface area contributed by atoms with E-state index >= 15 is 0 Å². The highest BCUT2D eigenvalue weighted by Crippen LogP contribution is 2.36. The Kier molecular flexibility index (Phi) is 7.65. The molecule has 0 saturated heterocycles. The smallest absolute Gasteiger partial charge is 0.416 e. The van der Waals surface area contributed by atoms with Crippen LogP contribution in [0.15, 0.2) is 66.7 Å². The summed E-state index contributed by atoms with van der Waals surface area (Å²) in [5.41, 5.74) is 4.20. The Morgan fingerprint density at radius 2 is 1.41 bits per heavy atom. The van der Waals surface area contributed by atoms with E-state index < -0.39 is 11.7 Å². The number of hydrogen-bond acceptors (Lipinski definition) is 1. The van der Waals surface area contributed by atoms with Crippen molar-refractivity contribution in [2.45, 2.75) is 59.2 Å². The zero-order valence-electron chi connectivity index (χ0n) is 19.2. The summed E-state index contributed by atoms with van der Waals surface area (Å²) >= 11 is 0. The third kappa shape index (κ3) is 6.15. The molecule has 0 aliphatic heterocycles. The fraction of sp³-hybridized carbons (Fsp3) is 0.357. The molecule has 0 aromatic heterocycles. The molecule has 0 amide bonds. The third-order valence-electron chi connectivity index (χ3n) is 5.70. The van der Waals surface area contributed by atoms with Gasteiger partial charge < -0.3 is 4.74 Å². The maximum atomic E-state index is 12.9. The first-order valence-corrected chi connectivity index (χ1v) is 11.2. The third-order valence-corrected chi connectivity index (χ3v) is 5.70. The van der Waals surface area contributed by atoms with Crippen LogP contribution < -0.4 is 4.74 Å². The molecule has 1 unspecified atom stereocenters. The Hall–Kier alpha value is -2.75. The maximum Gasteiger partial charge on any atom is 0.416 e. The van der Waals surface area contributed by atoms with Gasteiger partial charge in [-0.25, -0.2) is 0 Å². The van der Waals surface area contributed by atoms with Crippen molar-refractivity contribution < 1.29 is 17.9 Å². The molecule has 170 valence electrons. The first-order valence-electron chi connectivity index (χ1n) is 11.2. The molecule has 3 rings (SSSR count). The van der Waals surface area contributed by atoms with E-state index in [1.54, 1.807) is 0 Å². The van der Waals surface area contributed by atoms with Gasteiger partial charge in [-0.3, -0.25) is 0 Å². The molecule has 0 radical (unpaired) electrons. The monoisotopic (exact) mass is 440 g/mol. The predicted molar refractivity (Wildman–Crippen MR) is 125 cm³/mol. The topological polar surface area (TPSA) is 9.23 Å². The largest absolute Gasteiger partial charge is 0.486 e. The molecule has 1 atom stereocenters. The molecule has 0 bridgehead atoms. The molecule has 3 aromatic carbocycles. The van der Waals surface area contributed by atoms with Gasteiger partial charge in [0.2, 0.25) is 0 Å². The minimum absolute atomic E-state index is 0.0364. The molecule has 0 N–H and O–H groups in total. The fourth-order valence-corrected chi connectivity index (χ4v) is 4.11. The molecule has 0 fully saturated rings. The lowest BCUT2D eigenvalue weighted by Gasteiger charge is -2.22. The van der Waals surface area contributed by atoms with E-state index in [1.807, 2.05) is 44.2 Å². The summed E-state index contributed by atoms with van der Waals surface area (Å²) in [4.78, 5) is 0. The standard InChI is InChI=1S/C28H31F3O/c1-19(2)9-8-12-26(22-10-6-5-7-11-22)32-25-17-20(3)27(21(4)18-25)23-13-15-24(16-14-23)28(29,30)31/h5-7,10-11,13-19,26H,8-9,12H2,1-4H3. The van der Waals surface area contributed by atoms with Crippen molar-refractivity contribution in [2.75, 3.05) is 0 Å². The second kappa shape index (κ2) is 10.2. The van der Waals surface area contributed by atoms with Gasteiger partial charge in [0.05, 0.1) is 5.56 Å². The van der Waals surface area contributed by atoms with Gasteiger partial charge in [-0.2, -0.15) is 13.2 Å². The molecule has 0 spiro atoms. The van der Waals surface area contributed by atoms with Crippen molar-refractivity contribution in [3.05, 3.63) is 89.0 Å². The predicted octanol–water partition coefficient (Wildman–Crippen LogP) is 8.94. The highest BCUT2D eigenvalue weighted by Gasteiger charge is 2.30. The Labute approximate surface area is 189 Å². The van der Waals surface area contributed by atoms with Crippen LogP contribution in [0.1, 0.15) is 61.5 Å². The molecule has 0 saturated carbocycles. The van der Waals surface area contributed by atoms with Gasteiger partial charge in [0.25, 0.3) is 0 Å². The minimum Gasteiger partial charge on any atom is -0.486 e. The first kappa shape index (κ1) is 23.9. The highest BCUT2D eigenvalue weighted by molar-refractivity contribution is 5.72. The molecule has 0 aliphatic carbocycles. The molecule has 0 aliphatic rings. The molecule has 0 heterocycles. The summed E-state index contributed by atoms with van der Waals surface area (Å²) < 4.78 is 45.2. The van der Waals surface area contributed by atoms with Gasteiger partial charge >= 0.3 is 6.18 Å². The number of hydrogen-bond donors (Lipinski definition) is 0. The lowest BCUT2D eigenvalue weighted by Crippen LogP contribution is -2.09. The maximum absolute atomic E-state index is 12.9. The lowest BCUT2D eigenvalue weighted by atomic mass is 9.94. The van der Waals surface area contributed by atoms with Crippen molar-refractivity contribution in [3.8, 4) is 16.9 Å². The van der Waals surface area contributed by atoms with Crippen LogP contribution in [0, 0.1) is 19.8 Å². The van der Waals surface area contributed by atoms with Crippen LogP contribution in [0.5, 0.6) is 5.75 Å². The fourth-order valence-electron chi connectivity index (χ4n) is 4.11. The number of ether oxygens (including phenoxy) is 1. The van der Waals surface area contributed by atoms with Crippen LogP contribution in [-0.2, 0) is 6.18 Å². The van der Waals surface area contributed by atoms with Gasteiger partial charge in [0.1, 0.15) is 11.9 Å². The number of rotatable bonds is 8.